The van der Waals surface area contributed by atoms with Gasteiger partial charge in [-0.25, -0.2) is 9.59 Å². The second-order valence-corrected chi connectivity index (χ2v) is 7.04. The standard InChI is InChI=1S/C23H18N4O4/c1-27(17-9-3-2-4-10-17)22(29)20(14-24-27)26-25-19-12-6-11-18(21(19)28)15-7-5-8-16(13-15)23(30)31/h2-14H,1H3,(H2-,24,25,26,28,29,30,31)/p+1. The van der Waals surface area contributed by atoms with Crippen molar-refractivity contribution >= 4 is 35.2 Å². The lowest BCUT2D eigenvalue weighted by atomic mass is 10.0. The number of carbonyl (C=O) groups is 2. The number of amides is 1. The van der Waals surface area contributed by atoms with Crippen molar-refractivity contribution in [3.8, 4) is 16.9 Å². The molecule has 0 radical (unpaired) electrons. The number of phenols is 1. The summed E-state index contributed by atoms with van der Waals surface area (Å²) in [7, 11) is 1.67. The second-order valence-electron chi connectivity index (χ2n) is 7.04. The molecule has 1 unspecified atom stereocenters. The van der Waals surface area contributed by atoms with Crippen LogP contribution >= 0.6 is 0 Å². The Kier molecular flexibility index (Phi) is 5.06. The summed E-state index contributed by atoms with van der Waals surface area (Å²) < 4.78 is -0.282. The van der Waals surface area contributed by atoms with E-state index < -0.39 is 5.97 Å². The van der Waals surface area contributed by atoms with Crippen molar-refractivity contribution in [3.05, 3.63) is 78.4 Å². The predicted molar refractivity (Wildman–Crippen MR) is 119 cm³/mol. The lowest BCUT2D eigenvalue weighted by Crippen LogP contribution is -2.44. The van der Waals surface area contributed by atoms with Gasteiger partial charge >= 0.3 is 11.9 Å². The molecule has 3 N–H and O–H groups in total. The summed E-state index contributed by atoms with van der Waals surface area (Å²) in [6.07, 6.45) is 1.39. The van der Waals surface area contributed by atoms with E-state index in [1.807, 2.05) is 30.3 Å². The van der Waals surface area contributed by atoms with Gasteiger partial charge in [0.05, 0.1) is 11.3 Å². The summed E-state index contributed by atoms with van der Waals surface area (Å²) in [6.45, 7) is 0. The SMILES string of the molecule is C[N+]1(c2ccccc2)N=CC(=NNc2cccc(-c3cccc(C(=O)O)c3)c2O)C1=O. The van der Waals surface area contributed by atoms with E-state index in [4.69, 9.17) is 0 Å². The van der Waals surface area contributed by atoms with E-state index in [1.165, 1.54) is 18.3 Å². The smallest absolute Gasteiger partial charge is 0.399 e. The van der Waals surface area contributed by atoms with E-state index in [1.54, 1.807) is 37.4 Å². The van der Waals surface area contributed by atoms with Gasteiger partial charge in [0.25, 0.3) is 0 Å². The van der Waals surface area contributed by atoms with Crippen LogP contribution in [0.3, 0.4) is 0 Å². The van der Waals surface area contributed by atoms with Crippen LogP contribution in [0.4, 0.5) is 11.4 Å². The number of carboxylic acids is 1. The zero-order valence-corrected chi connectivity index (χ0v) is 16.6. The number of carbonyl (C=O) groups excluding carboxylic acids is 1. The molecule has 3 aromatic rings. The molecule has 0 saturated heterocycles. The lowest BCUT2D eigenvalue weighted by molar-refractivity contribution is -0.121. The minimum Gasteiger partial charge on any atom is -0.505 e. The highest BCUT2D eigenvalue weighted by Gasteiger charge is 2.43. The van der Waals surface area contributed by atoms with Crippen LogP contribution in [-0.4, -0.2) is 41.1 Å². The molecule has 1 aliphatic heterocycles. The van der Waals surface area contributed by atoms with E-state index in [-0.39, 0.29) is 33.2 Å². The number of benzene rings is 3. The highest BCUT2D eigenvalue weighted by Crippen LogP contribution is 2.36. The average molecular weight is 415 g/mol. The average Bonchev–Trinajstić information content (AvgIpc) is 3.09. The number of aromatic hydroxyl groups is 1. The van der Waals surface area contributed by atoms with E-state index in [2.05, 4.69) is 15.6 Å². The minimum atomic E-state index is -1.05. The number of carboxylic acid groups (broad SMARTS) is 1. The van der Waals surface area contributed by atoms with E-state index in [9.17, 15) is 19.8 Å². The number of phenolic OH excluding ortho intramolecular Hbond substituents is 1. The van der Waals surface area contributed by atoms with E-state index in [0.717, 1.165) is 0 Å². The predicted octanol–water partition coefficient (Wildman–Crippen LogP) is 3.69. The van der Waals surface area contributed by atoms with Gasteiger partial charge in [-0.1, -0.05) is 47.6 Å². The first-order valence-electron chi connectivity index (χ1n) is 9.42. The van der Waals surface area contributed by atoms with Crippen molar-refractivity contribution < 1.29 is 19.8 Å². The number of para-hydroxylation sites is 2. The Labute approximate surface area is 178 Å². The Bertz CT molecular complexity index is 1240. The monoisotopic (exact) mass is 415 g/mol. The molecule has 3 aromatic carbocycles. The highest BCUT2D eigenvalue weighted by atomic mass is 16.4. The third kappa shape index (κ3) is 3.67. The molecular formula is C23H19N4O4+. The number of quaternary nitrogens is 1. The fraction of sp³-hybridized carbons (Fsp3) is 0.0435. The Morgan fingerprint density at radius 2 is 1.77 bits per heavy atom. The number of rotatable bonds is 5. The Morgan fingerprint density at radius 3 is 2.52 bits per heavy atom. The molecule has 0 saturated carbocycles. The van der Waals surface area contributed by atoms with E-state index in [0.29, 0.717) is 16.8 Å². The Morgan fingerprint density at radius 1 is 1.03 bits per heavy atom. The van der Waals surface area contributed by atoms with Crippen molar-refractivity contribution in [1.29, 1.82) is 0 Å². The molecule has 0 aliphatic carbocycles. The molecule has 4 rings (SSSR count). The first kappa shape index (κ1) is 20.0. The topological polar surface area (TPSA) is 111 Å². The molecule has 8 nitrogen and oxygen atoms in total. The molecule has 31 heavy (non-hydrogen) atoms. The molecule has 1 heterocycles. The number of anilines is 1. The maximum Gasteiger partial charge on any atom is 0.399 e. The van der Waals surface area contributed by atoms with Crippen LogP contribution in [0.25, 0.3) is 11.1 Å². The Balaban J connectivity index is 1.60. The molecule has 0 aromatic heterocycles. The summed E-state index contributed by atoms with van der Waals surface area (Å²) in [5.41, 5.74) is 4.90. The number of hydrazone groups is 1. The molecule has 1 atom stereocenters. The maximum absolute atomic E-state index is 12.9. The normalized spacial score (nSPS) is 19.0. The van der Waals surface area contributed by atoms with Crippen molar-refractivity contribution in [2.24, 2.45) is 10.2 Å². The van der Waals surface area contributed by atoms with Gasteiger partial charge in [0, 0.05) is 17.7 Å². The summed E-state index contributed by atoms with van der Waals surface area (Å²) >= 11 is 0. The van der Waals surface area contributed by atoms with Gasteiger partial charge in [-0.3, -0.25) is 5.43 Å². The van der Waals surface area contributed by atoms with E-state index >= 15 is 0 Å². The van der Waals surface area contributed by atoms with Crippen LogP contribution in [-0.2, 0) is 4.79 Å². The van der Waals surface area contributed by atoms with Crippen molar-refractivity contribution in [3.63, 3.8) is 0 Å². The first-order chi connectivity index (χ1) is 14.9. The van der Waals surface area contributed by atoms with Crippen LogP contribution in [0.1, 0.15) is 10.4 Å². The van der Waals surface area contributed by atoms with Gasteiger partial charge in [-0.05, 0) is 23.8 Å². The molecule has 8 heteroatoms. The molecule has 1 aliphatic rings. The van der Waals surface area contributed by atoms with Gasteiger partial charge in [-0.15, -0.1) is 4.59 Å². The van der Waals surface area contributed by atoms with Crippen LogP contribution in [0, 0.1) is 0 Å². The third-order valence-corrected chi connectivity index (χ3v) is 5.04. The zero-order valence-electron chi connectivity index (χ0n) is 16.6. The van der Waals surface area contributed by atoms with Gasteiger partial charge < -0.3 is 10.2 Å². The number of hydrogen-bond donors (Lipinski definition) is 3. The summed E-state index contributed by atoms with van der Waals surface area (Å²) in [5.74, 6) is -1.48. The van der Waals surface area contributed by atoms with Gasteiger partial charge in [0.15, 0.2) is 5.69 Å². The van der Waals surface area contributed by atoms with Crippen molar-refractivity contribution in [2.45, 2.75) is 0 Å². The summed E-state index contributed by atoms with van der Waals surface area (Å²) in [5, 5.41) is 28.3. The van der Waals surface area contributed by atoms with Crippen LogP contribution in [0.2, 0.25) is 0 Å². The molecular weight excluding hydrogens is 396 g/mol. The number of aromatic carboxylic acids is 1. The molecule has 154 valence electrons. The number of nitrogens with zero attached hydrogens (tertiary/aromatic N) is 3. The molecule has 0 bridgehead atoms. The van der Waals surface area contributed by atoms with Crippen molar-refractivity contribution in [1.82, 2.24) is 4.59 Å². The second kappa shape index (κ2) is 7.85. The third-order valence-electron chi connectivity index (χ3n) is 5.04. The van der Waals surface area contributed by atoms with Gasteiger partial charge in [0.1, 0.15) is 19.0 Å². The number of nitrogens with one attached hydrogen (secondary N) is 1. The van der Waals surface area contributed by atoms with Gasteiger partial charge in [0.2, 0.25) is 5.71 Å². The van der Waals surface area contributed by atoms with Crippen LogP contribution < -0.4 is 10.0 Å². The zero-order chi connectivity index (χ0) is 22.0. The first-order valence-corrected chi connectivity index (χ1v) is 9.42. The van der Waals surface area contributed by atoms with Crippen LogP contribution in [0.5, 0.6) is 5.75 Å². The lowest BCUT2D eigenvalue weighted by Gasteiger charge is -2.19. The van der Waals surface area contributed by atoms with Crippen LogP contribution in [0.15, 0.2) is 83.0 Å². The fourth-order valence-corrected chi connectivity index (χ4v) is 3.29. The summed E-state index contributed by atoms with van der Waals surface area (Å²) in [4.78, 5) is 24.1. The maximum atomic E-state index is 12.9. The van der Waals surface area contributed by atoms with Gasteiger partial charge in [-0.2, -0.15) is 5.10 Å². The largest absolute Gasteiger partial charge is 0.505 e. The number of hydrogen-bond acceptors (Lipinski definition) is 6. The highest BCUT2D eigenvalue weighted by molar-refractivity contribution is 6.64. The molecule has 0 fully saturated rings. The Hall–Kier alpha value is -4.30. The van der Waals surface area contributed by atoms with Crippen molar-refractivity contribution in [2.75, 3.05) is 12.5 Å². The quantitative estimate of drug-likeness (QED) is 0.334. The fourth-order valence-electron chi connectivity index (χ4n) is 3.29. The minimum absolute atomic E-state index is 0.112. The summed E-state index contributed by atoms with van der Waals surface area (Å²) in [6, 6.07) is 20.4. The molecule has 1 amide bonds. The molecule has 0 spiro atoms.